The van der Waals surface area contributed by atoms with Crippen LogP contribution in [0.4, 0.5) is 18.9 Å². The van der Waals surface area contributed by atoms with Crippen molar-refractivity contribution in [3.05, 3.63) is 82.3 Å². The number of thioether (sulfide) groups is 1. The molecule has 0 atom stereocenters. The molecule has 0 unspecified atom stereocenters. The van der Waals surface area contributed by atoms with E-state index >= 15 is 0 Å². The average molecular weight is 490 g/mol. The molecule has 2 aromatic rings. The lowest BCUT2D eigenvalue weighted by Gasteiger charge is -2.22. The highest BCUT2D eigenvalue weighted by Crippen LogP contribution is 2.37. The van der Waals surface area contributed by atoms with Gasteiger partial charge in [0.15, 0.2) is 0 Å². The Labute approximate surface area is 204 Å². The molecule has 7 heteroatoms. The number of alkyl halides is 3. The van der Waals surface area contributed by atoms with E-state index in [0.717, 1.165) is 39.4 Å². The summed E-state index contributed by atoms with van der Waals surface area (Å²) in [5.74, 6) is 0.753. The lowest BCUT2D eigenvalue weighted by molar-refractivity contribution is -0.137. The van der Waals surface area contributed by atoms with Crippen molar-refractivity contribution in [2.75, 3.05) is 25.1 Å². The summed E-state index contributed by atoms with van der Waals surface area (Å²) in [5, 5.41) is 0. The van der Waals surface area contributed by atoms with E-state index in [1.165, 1.54) is 23.9 Å². The van der Waals surface area contributed by atoms with Crippen LogP contribution in [0.1, 0.15) is 43.0 Å². The molecule has 0 aliphatic heterocycles. The Bertz CT molecular complexity index is 1100. The third-order valence-electron chi connectivity index (χ3n) is 5.11. The van der Waals surface area contributed by atoms with Crippen LogP contribution in [-0.4, -0.2) is 26.0 Å². The maximum atomic E-state index is 12.8. The highest BCUT2D eigenvalue weighted by Gasteiger charge is 2.30. The molecule has 0 heterocycles. The van der Waals surface area contributed by atoms with E-state index in [1.807, 2.05) is 44.9 Å². The smallest absolute Gasteiger partial charge is 0.416 e. The minimum atomic E-state index is -4.37. The van der Waals surface area contributed by atoms with Crippen LogP contribution in [0.3, 0.4) is 0 Å². The summed E-state index contributed by atoms with van der Waals surface area (Å²) in [6.45, 7) is 15.9. The topological polar surface area (TPSA) is 29.5 Å². The van der Waals surface area contributed by atoms with Gasteiger partial charge in [-0.2, -0.15) is 13.2 Å². The van der Waals surface area contributed by atoms with Crippen LogP contribution in [0.2, 0.25) is 0 Å². The van der Waals surface area contributed by atoms with E-state index in [-0.39, 0.29) is 12.4 Å². The predicted octanol–water partition coefficient (Wildman–Crippen LogP) is 7.76. The zero-order valence-electron chi connectivity index (χ0n) is 20.2. The quantitative estimate of drug-likeness (QED) is 0.341. The first-order valence-corrected chi connectivity index (χ1v) is 11.5. The maximum Gasteiger partial charge on any atom is 0.416 e. The standard InChI is InChI=1S/C27H30F3NO2S/c1-8-21-14-25(18(4)13-24(21)31(7)15-19(5)32)33-16-26(17(2)3)34-20(6)22-9-11-23(12-10-22)27(28,29)30/h8-14H,1,6,15-16H2,2-5,7H3. The number of ether oxygens (including phenoxy) is 1. The molecular formula is C27H30F3NO2S. The monoisotopic (exact) mass is 489 g/mol. The molecule has 3 nitrogen and oxygen atoms in total. The molecule has 0 spiro atoms. The van der Waals surface area contributed by atoms with E-state index in [2.05, 4.69) is 13.2 Å². The highest BCUT2D eigenvalue weighted by molar-refractivity contribution is 8.11. The third-order valence-corrected chi connectivity index (χ3v) is 6.37. The summed E-state index contributed by atoms with van der Waals surface area (Å²) in [6, 6.07) is 8.84. The van der Waals surface area contributed by atoms with Gasteiger partial charge in [-0.05, 0) is 63.1 Å². The maximum absolute atomic E-state index is 12.8. The number of carbonyl (C=O) groups is 1. The zero-order valence-corrected chi connectivity index (χ0v) is 21.0. The van der Waals surface area contributed by atoms with Crippen LogP contribution in [-0.2, 0) is 11.0 Å². The second-order valence-electron chi connectivity index (χ2n) is 8.25. The van der Waals surface area contributed by atoms with E-state index in [1.54, 1.807) is 13.0 Å². The van der Waals surface area contributed by atoms with Gasteiger partial charge >= 0.3 is 6.18 Å². The third kappa shape index (κ3) is 7.29. The Morgan fingerprint density at radius 2 is 1.76 bits per heavy atom. The Morgan fingerprint density at radius 3 is 2.26 bits per heavy atom. The molecule has 2 rings (SSSR count). The molecule has 0 amide bonds. The number of nitrogens with zero attached hydrogens (tertiary/aromatic N) is 1. The number of benzene rings is 2. The number of likely N-dealkylation sites (N-methyl/N-ethyl adjacent to an activating group) is 1. The number of anilines is 1. The van der Waals surface area contributed by atoms with Gasteiger partial charge in [-0.1, -0.05) is 48.7 Å². The molecule has 0 radical (unpaired) electrons. The van der Waals surface area contributed by atoms with Gasteiger partial charge in [0.05, 0.1) is 12.1 Å². The normalized spacial score (nSPS) is 11.1. The van der Waals surface area contributed by atoms with Crippen molar-refractivity contribution in [2.45, 2.75) is 33.9 Å². The molecule has 0 saturated carbocycles. The Balaban J connectivity index is 2.17. The fourth-order valence-corrected chi connectivity index (χ4v) is 4.10. The van der Waals surface area contributed by atoms with Gasteiger partial charge in [0.1, 0.15) is 18.1 Å². The molecule has 34 heavy (non-hydrogen) atoms. The van der Waals surface area contributed by atoms with Crippen molar-refractivity contribution in [3.63, 3.8) is 0 Å². The van der Waals surface area contributed by atoms with Crippen molar-refractivity contribution in [1.29, 1.82) is 0 Å². The Hall–Kier alpha value is -2.93. The minimum absolute atomic E-state index is 0.0639. The summed E-state index contributed by atoms with van der Waals surface area (Å²) in [4.78, 5) is 14.9. The van der Waals surface area contributed by atoms with Gasteiger partial charge in [-0.15, -0.1) is 0 Å². The van der Waals surface area contributed by atoms with Gasteiger partial charge in [-0.25, -0.2) is 0 Å². The minimum Gasteiger partial charge on any atom is -0.488 e. The summed E-state index contributed by atoms with van der Waals surface area (Å²) in [7, 11) is 1.86. The second-order valence-corrected chi connectivity index (χ2v) is 9.44. The van der Waals surface area contributed by atoms with E-state index in [9.17, 15) is 18.0 Å². The fraction of sp³-hybridized carbons (Fsp3) is 0.296. The van der Waals surface area contributed by atoms with Crippen LogP contribution in [0.5, 0.6) is 5.75 Å². The van der Waals surface area contributed by atoms with Crippen LogP contribution in [0, 0.1) is 6.92 Å². The van der Waals surface area contributed by atoms with Crippen LogP contribution >= 0.6 is 11.8 Å². The van der Waals surface area contributed by atoms with E-state index in [0.29, 0.717) is 22.8 Å². The molecule has 0 saturated heterocycles. The van der Waals surface area contributed by atoms with Gasteiger partial charge in [0.25, 0.3) is 0 Å². The lowest BCUT2D eigenvalue weighted by atomic mass is 10.1. The van der Waals surface area contributed by atoms with E-state index < -0.39 is 11.7 Å². The first-order valence-electron chi connectivity index (χ1n) is 10.6. The van der Waals surface area contributed by atoms with Crippen LogP contribution < -0.4 is 9.64 Å². The van der Waals surface area contributed by atoms with Gasteiger partial charge in [-0.3, -0.25) is 4.79 Å². The molecule has 182 valence electrons. The highest BCUT2D eigenvalue weighted by atomic mass is 32.2. The number of carbonyl (C=O) groups excluding carboxylic acids is 1. The average Bonchev–Trinajstić information content (AvgIpc) is 2.75. The van der Waals surface area contributed by atoms with Crippen LogP contribution in [0.15, 0.2) is 60.0 Å². The molecule has 0 aliphatic rings. The second kappa shape index (κ2) is 11.5. The lowest BCUT2D eigenvalue weighted by Crippen LogP contribution is -2.24. The summed E-state index contributed by atoms with van der Waals surface area (Å²) < 4.78 is 44.6. The van der Waals surface area contributed by atoms with Gasteiger partial charge in [0.2, 0.25) is 0 Å². The van der Waals surface area contributed by atoms with Crippen molar-refractivity contribution in [1.82, 2.24) is 0 Å². The van der Waals surface area contributed by atoms with Crippen molar-refractivity contribution < 1.29 is 22.7 Å². The Kier molecular flexibility index (Phi) is 9.21. The summed E-state index contributed by atoms with van der Waals surface area (Å²) in [6.07, 6.45) is -2.65. The van der Waals surface area contributed by atoms with Crippen LogP contribution in [0.25, 0.3) is 11.0 Å². The number of Topliss-reactive ketones (excluding diaryl/α,β-unsaturated/α-hetero) is 1. The fourth-order valence-electron chi connectivity index (χ4n) is 3.23. The van der Waals surface area contributed by atoms with Crippen molar-refractivity contribution >= 4 is 34.2 Å². The summed E-state index contributed by atoms with van der Waals surface area (Å²) in [5.41, 5.74) is 3.62. The first-order chi connectivity index (χ1) is 15.8. The first kappa shape index (κ1) is 27.3. The number of hydrogen-bond donors (Lipinski definition) is 0. The van der Waals surface area contributed by atoms with Crippen molar-refractivity contribution in [3.8, 4) is 5.75 Å². The largest absolute Gasteiger partial charge is 0.488 e. The number of halogens is 3. The number of rotatable bonds is 10. The molecule has 2 aromatic carbocycles. The molecule has 0 bridgehead atoms. The predicted molar refractivity (Wildman–Crippen MR) is 137 cm³/mol. The zero-order chi connectivity index (χ0) is 25.6. The molecule has 0 N–H and O–H groups in total. The van der Waals surface area contributed by atoms with E-state index in [4.69, 9.17) is 4.74 Å². The van der Waals surface area contributed by atoms with Crippen molar-refractivity contribution in [2.24, 2.45) is 0 Å². The molecule has 0 fully saturated rings. The van der Waals surface area contributed by atoms with Gasteiger partial charge in [0, 0.05) is 28.1 Å². The molecule has 0 aromatic heterocycles. The number of aryl methyl sites for hydroxylation is 1. The number of allylic oxidation sites excluding steroid dienone is 1. The summed E-state index contributed by atoms with van der Waals surface area (Å²) >= 11 is 1.38. The van der Waals surface area contributed by atoms with Gasteiger partial charge < -0.3 is 9.64 Å². The number of ketones is 1. The number of hydrogen-bond acceptors (Lipinski definition) is 4. The molecule has 0 aliphatic carbocycles. The SMILES string of the molecule is C=Cc1cc(OCC(SC(=C)c2ccc(C(F)(F)F)cc2)=C(C)C)c(C)cc1N(C)CC(C)=O. The Morgan fingerprint density at radius 1 is 1.15 bits per heavy atom. The molecular weight excluding hydrogens is 459 g/mol.